The van der Waals surface area contributed by atoms with Crippen molar-refractivity contribution < 1.29 is 23.4 Å². The fraction of sp³-hybridized carbons (Fsp3) is 0.552. The highest BCUT2D eigenvalue weighted by Gasteiger charge is 2.42. The second kappa shape index (κ2) is 11.9. The van der Waals surface area contributed by atoms with E-state index in [9.17, 15) is 4.79 Å². The van der Waals surface area contributed by atoms with Gasteiger partial charge in [0.25, 0.3) is 0 Å². The second-order valence-electron chi connectivity index (χ2n) is 11.4. The Morgan fingerprint density at radius 1 is 1.03 bits per heavy atom. The van der Waals surface area contributed by atoms with Crippen LogP contribution >= 0.6 is 0 Å². The number of nitrogens with one attached hydrogen (secondary N) is 1. The Morgan fingerprint density at radius 3 is 2.49 bits per heavy atom. The van der Waals surface area contributed by atoms with Crippen LogP contribution in [0.5, 0.6) is 11.5 Å². The van der Waals surface area contributed by atoms with Gasteiger partial charge in [-0.3, -0.25) is 0 Å². The van der Waals surface area contributed by atoms with Crippen molar-refractivity contribution in [1.82, 2.24) is 10.2 Å². The number of carbonyl (C=O) groups is 1. The smallest absolute Gasteiger partial charge is 0.410 e. The first kappa shape index (κ1) is 27.5. The molecular weight excluding hydrogens is 484 g/mol. The van der Waals surface area contributed by atoms with Crippen LogP contribution < -0.4 is 14.8 Å². The summed E-state index contributed by atoms with van der Waals surface area (Å²) in [5, 5.41) is 3.84. The Kier molecular flexibility index (Phi) is 8.82. The van der Waals surface area contributed by atoms with E-state index in [1.165, 1.54) is 0 Å². The van der Waals surface area contributed by atoms with E-state index in [0.29, 0.717) is 42.6 Å². The molecule has 2 aromatic rings. The first-order chi connectivity index (χ1) is 17.6. The number of piperidine rings is 1. The van der Waals surface area contributed by atoms with Gasteiger partial charge in [0.05, 0.1) is 5.60 Å². The highest BCUT2D eigenvalue weighted by atomic mass is 28.2. The summed E-state index contributed by atoms with van der Waals surface area (Å²) in [6, 6.07) is 16.1. The minimum absolute atomic E-state index is 0.0777. The van der Waals surface area contributed by atoms with Crippen LogP contribution in [0.2, 0.25) is 5.04 Å². The van der Waals surface area contributed by atoms with E-state index in [-0.39, 0.29) is 29.7 Å². The lowest BCUT2D eigenvalue weighted by atomic mass is 9.80. The Balaban J connectivity index is 1.43. The summed E-state index contributed by atoms with van der Waals surface area (Å²) in [6.45, 7) is 14.2. The molecule has 0 bridgehead atoms. The van der Waals surface area contributed by atoms with Crippen LogP contribution in [0.1, 0.15) is 52.2 Å². The number of hydrogen-bond donors (Lipinski definition) is 1. The lowest BCUT2D eigenvalue weighted by molar-refractivity contribution is -0.0176. The number of carbonyl (C=O) groups excluding carboxylic acids is 1. The molecule has 0 aromatic heterocycles. The van der Waals surface area contributed by atoms with Gasteiger partial charge in [0, 0.05) is 31.6 Å². The molecule has 2 aliphatic heterocycles. The number of rotatable bonds is 8. The number of nitrogens with zero attached hydrogens (tertiary/aromatic N) is 1. The predicted octanol–water partition coefficient (Wildman–Crippen LogP) is 5.21. The lowest BCUT2D eigenvalue weighted by Gasteiger charge is -2.46. The Bertz CT molecular complexity index is 1040. The fourth-order valence-corrected chi connectivity index (χ4v) is 5.40. The zero-order chi connectivity index (χ0) is 26.5. The number of likely N-dealkylation sites (tertiary alicyclic amines) is 1. The minimum Gasteiger partial charge on any atom is -0.486 e. The highest BCUT2D eigenvalue weighted by molar-refractivity contribution is 6.31. The number of amides is 1. The SMILES string of the molecule is CC(C)(C)[Si]OC(C)(C)C1CN(C(=O)OCc2ccccc2)CCC1NCc1ccc2c(c1)OCCO2. The number of hydrogen-bond acceptors (Lipinski definition) is 6. The van der Waals surface area contributed by atoms with Crippen LogP contribution in [0.15, 0.2) is 48.5 Å². The molecule has 1 N–H and O–H groups in total. The Labute approximate surface area is 223 Å². The van der Waals surface area contributed by atoms with Gasteiger partial charge in [-0.1, -0.05) is 57.2 Å². The predicted molar refractivity (Wildman–Crippen MR) is 145 cm³/mol. The van der Waals surface area contributed by atoms with Crippen molar-refractivity contribution in [1.29, 1.82) is 0 Å². The first-order valence-electron chi connectivity index (χ1n) is 13.1. The maximum Gasteiger partial charge on any atom is 0.410 e. The normalized spacial score (nSPS) is 20.0. The van der Waals surface area contributed by atoms with E-state index < -0.39 is 5.60 Å². The third-order valence-electron chi connectivity index (χ3n) is 6.76. The molecule has 2 atom stereocenters. The van der Waals surface area contributed by atoms with Crippen LogP contribution in [0, 0.1) is 5.92 Å². The summed E-state index contributed by atoms with van der Waals surface area (Å²) in [4.78, 5) is 14.8. The maximum atomic E-state index is 13.0. The molecule has 200 valence electrons. The standard InChI is InChI=1S/C29H40N2O5Si/c1-28(2,3)37-36-29(4,5)23-19-31(27(32)35-20-21-9-7-6-8-10-21)14-13-24(23)30-18-22-11-12-25-26(17-22)34-16-15-33-25/h6-12,17,23-24,30H,13-16,18-20H2,1-5H3. The summed E-state index contributed by atoms with van der Waals surface area (Å²) in [5.41, 5.74) is 1.70. The average Bonchev–Trinajstić information content (AvgIpc) is 2.89. The van der Waals surface area contributed by atoms with Gasteiger partial charge in [0.15, 0.2) is 11.5 Å². The van der Waals surface area contributed by atoms with E-state index in [2.05, 4.69) is 52.1 Å². The summed E-state index contributed by atoms with van der Waals surface area (Å²) >= 11 is 0. The molecule has 1 saturated heterocycles. The van der Waals surface area contributed by atoms with E-state index in [0.717, 1.165) is 29.0 Å². The third-order valence-corrected chi connectivity index (χ3v) is 8.00. The molecule has 0 spiro atoms. The number of ether oxygens (including phenoxy) is 3. The van der Waals surface area contributed by atoms with Crippen LogP contribution in [-0.4, -0.2) is 58.7 Å². The van der Waals surface area contributed by atoms with Crippen molar-refractivity contribution in [2.45, 2.75) is 70.9 Å². The molecule has 2 aliphatic rings. The molecule has 7 nitrogen and oxygen atoms in total. The zero-order valence-electron chi connectivity index (χ0n) is 22.7. The van der Waals surface area contributed by atoms with Crippen LogP contribution in [-0.2, 0) is 22.3 Å². The van der Waals surface area contributed by atoms with Gasteiger partial charge in [-0.2, -0.15) is 0 Å². The molecular formula is C29H40N2O5Si. The van der Waals surface area contributed by atoms with Gasteiger partial charge in [-0.15, -0.1) is 0 Å². The second-order valence-corrected chi connectivity index (χ2v) is 13.3. The van der Waals surface area contributed by atoms with E-state index in [4.69, 9.17) is 18.6 Å². The van der Waals surface area contributed by atoms with Crippen molar-refractivity contribution >= 4 is 15.9 Å². The molecule has 2 aromatic carbocycles. The van der Waals surface area contributed by atoms with Gasteiger partial charge in [-0.25, -0.2) is 4.79 Å². The third kappa shape index (κ3) is 7.72. The molecule has 0 saturated carbocycles. The van der Waals surface area contributed by atoms with E-state index in [1.54, 1.807) is 0 Å². The van der Waals surface area contributed by atoms with Crippen LogP contribution in [0.3, 0.4) is 0 Å². The monoisotopic (exact) mass is 524 g/mol. The number of fused-ring (bicyclic) bond motifs is 1. The fourth-order valence-electron chi connectivity index (χ4n) is 4.68. The molecule has 4 rings (SSSR count). The Hall–Kier alpha value is -2.55. The van der Waals surface area contributed by atoms with E-state index in [1.807, 2.05) is 41.3 Å². The van der Waals surface area contributed by atoms with Crippen molar-refractivity contribution in [3.63, 3.8) is 0 Å². The molecule has 1 fully saturated rings. The van der Waals surface area contributed by atoms with Gasteiger partial charge in [0.1, 0.15) is 19.8 Å². The van der Waals surface area contributed by atoms with Crippen LogP contribution in [0.4, 0.5) is 4.79 Å². The number of benzene rings is 2. The van der Waals surface area contributed by atoms with Gasteiger partial charge in [-0.05, 0) is 48.6 Å². The maximum absolute atomic E-state index is 13.0. The van der Waals surface area contributed by atoms with Crippen molar-refractivity contribution in [3.8, 4) is 11.5 Å². The van der Waals surface area contributed by atoms with Gasteiger partial charge < -0.3 is 28.9 Å². The van der Waals surface area contributed by atoms with Crippen molar-refractivity contribution in [2.75, 3.05) is 26.3 Å². The molecule has 8 heteroatoms. The molecule has 0 aliphatic carbocycles. The summed E-state index contributed by atoms with van der Waals surface area (Å²) in [7, 11) is 0.360. The Morgan fingerprint density at radius 2 is 1.76 bits per heavy atom. The molecule has 2 heterocycles. The summed E-state index contributed by atoms with van der Waals surface area (Å²) in [6.07, 6.45) is 0.550. The zero-order valence-corrected chi connectivity index (χ0v) is 23.7. The largest absolute Gasteiger partial charge is 0.486 e. The minimum atomic E-state index is -0.422. The molecule has 2 radical (unpaired) electrons. The highest BCUT2D eigenvalue weighted by Crippen LogP contribution is 2.34. The first-order valence-corrected chi connectivity index (χ1v) is 14.0. The molecule has 37 heavy (non-hydrogen) atoms. The van der Waals surface area contributed by atoms with Crippen LogP contribution in [0.25, 0.3) is 0 Å². The summed E-state index contributed by atoms with van der Waals surface area (Å²) < 4.78 is 23.6. The van der Waals surface area contributed by atoms with Crippen molar-refractivity contribution in [2.24, 2.45) is 5.92 Å². The van der Waals surface area contributed by atoms with Gasteiger partial charge in [0.2, 0.25) is 9.76 Å². The van der Waals surface area contributed by atoms with Crippen molar-refractivity contribution in [3.05, 3.63) is 59.7 Å². The summed E-state index contributed by atoms with van der Waals surface area (Å²) in [5.74, 6) is 1.69. The molecule has 2 unspecified atom stereocenters. The topological polar surface area (TPSA) is 69.3 Å². The van der Waals surface area contributed by atoms with E-state index >= 15 is 0 Å². The quantitative estimate of drug-likeness (QED) is 0.478. The lowest BCUT2D eigenvalue weighted by Crippen LogP contribution is -2.58. The average molecular weight is 525 g/mol. The molecule has 1 amide bonds. The van der Waals surface area contributed by atoms with Gasteiger partial charge >= 0.3 is 6.09 Å².